The molecule has 0 heterocycles. The van der Waals surface area contributed by atoms with Gasteiger partial charge in [0, 0.05) is 5.56 Å². The van der Waals surface area contributed by atoms with Gasteiger partial charge < -0.3 is 10.5 Å². The summed E-state index contributed by atoms with van der Waals surface area (Å²) in [4.78, 5) is 11.4. The molecule has 1 rings (SSSR count). The minimum absolute atomic E-state index is 0.240. The van der Waals surface area contributed by atoms with Gasteiger partial charge in [-0.3, -0.25) is 0 Å². The summed E-state index contributed by atoms with van der Waals surface area (Å²) in [5, 5.41) is 3.79. The van der Waals surface area contributed by atoms with Crippen LogP contribution in [0.4, 0.5) is 4.79 Å². The van der Waals surface area contributed by atoms with E-state index in [1.54, 1.807) is 20.8 Å². The van der Waals surface area contributed by atoms with Crippen molar-refractivity contribution in [3.63, 3.8) is 0 Å². The van der Waals surface area contributed by atoms with Crippen molar-refractivity contribution < 1.29 is 9.53 Å². The van der Waals surface area contributed by atoms with E-state index in [0.717, 1.165) is 11.1 Å². The first kappa shape index (κ1) is 14.0. The van der Waals surface area contributed by atoms with Gasteiger partial charge in [0.2, 0.25) is 0 Å². The summed E-state index contributed by atoms with van der Waals surface area (Å²) in [6.07, 6.45) is -0.627. The predicted octanol–water partition coefficient (Wildman–Crippen LogP) is 2.14. The number of ether oxygens (including phenoxy) is 1. The Labute approximate surface area is 107 Å². The number of amides is 1. The molecule has 0 fully saturated rings. The zero-order chi connectivity index (χ0) is 13.8. The number of benzene rings is 1. The molecule has 0 saturated heterocycles. The summed E-state index contributed by atoms with van der Waals surface area (Å²) in [6, 6.07) is 7.54. The Kier molecular flexibility index (Phi) is 4.31. The van der Waals surface area contributed by atoms with Crippen LogP contribution < -0.4 is 11.2 Å². The van der Waals surface area contributed by atoms with Gasteiger partial charge in [0.25, 0.3) is 0 Å². The van der Waals surface area contributed by atoms with E-state index < -0.39 is 11.7 Å². The zero-order valence-electron chi connectivity index (χ0n) is 11.2. The smallest absolute Gasteiger partial charge is 0.428 e. The lowest BCUT2D eigenvalue weighted by Crippen LogP contribution is -2.31. The normalized spacial score (nSPS) is 12.1. The van der Waals surface area contributed by atoms with Crippen LogP contribution in [0, 0.1) is 6.92 Å². The van der Waals surface area contributed by atoms with E-state index in [9.17, 15) is 4.79 Å². The van der Waals surface area contributed by atoms with Crippen molar-refractivity contribution in [3.8, 4) is 0 Å². The van der Waals surface area contributed by atoms with Crippen molar-refractivity contribution in [3.05, 3.63) is 35.4 Å². The van der Waals surface area contributed by atoms with Crippen molar-refractivity contribution in [2.45, 2.75) is 33.3 Å². The molecule has 0 bridgehead atoms. The highest BCUT2D eigenvalue weighted by Gasteiger charge is 2.15. The van der Waals surface area contributed by atoms with Gasteiger partial charge in [-0.2, -0.15) is 5.10 Å². The second kappa shape index (κ2) is 5.53. The van der Waals surface area contributed by atoms with Gasteiger partial charge in [-0.1, -0.05) is 23.8 Å². The molecule has 98 valence electrons. The largest absolute Gasteiger partial charge is 0.443 e. The number of hydrazone groups is 1. The van der Waals surface area contributed by atoms with Crippen LogP contribution in [0.1, 0.15) is 31.9 Å². The van der Waals surface area contributed by atoms with E-state index in [1.807, 2.05) is 31.2 Å². The highest BCUT2D eigenvalue weighted by Crippen LogP contribution is 2.06. The third-order valence-electron chi connectivity index (χ3n) is 1.98. The molecule has 0 atom stereocenters. The van der Waals surface area contributed by atoms with E-state index in [0.29, 0.717) is 0 Å². The Morgan fingerprint density at radius 3 is 2.61 bits per heavy atom. The van der Waals surface area contributed by atoms with Crippen molar-refractivity contribution in [1.29, 1.82) is 0 Å². The standard InChI is InChI=1S/C13H19N3O2/c1-9-6-5-7-10(8-9)11(14)15-16-12(17)18-13(2,3)4/h5-8H,1-4H3,(H2,14,15)(H,16,17). The molecule has 1 aromatic carbocycles. The van der Waals surface area contributed by atoms with E-state index in [4.69, 9.17) is 10.5 Å². The number of nitrogens with one attached hydrogen (secondary N) is 1. The molecule has 1 amide bonds. The van der Waals surface area contributed by atoms with Crippen LogP contribution >= 0.6 is 0 Å². The fourth-order valence-electron chi connectivity index (χ4n) is 1.28. The van der Waals surface area contributed by atoms with Gasteiger partial charge in [-0.05, 0) is 33.8 Å². The molecular formula is C13H19N3O2. The monoisotopic (exact) mass is 249 g/mol. The number of amidine groups is 1. The number of carbonyl (C=O) groups excluding carboxylic acids is 1. The minimum Gasteiger partial charge on any atom is -0.443 e. The minimum atomic E-state index is -0.627. The molecule has 1 aromatic rings. The summed E-state index contributed by atoms with van der Waals surface area (Å²) in [7, 11) is 0. The zero-order valence-corrected chi connectivity index (χ0v) is 11.2. The highest BCUT2D eigenvalue weighted by atomic mass is 16.6. The van der Waals surface area contributed by atoms with Gasteiger partial charge in [0.05, 0.1) is 0 Å². The van der Waals surface area contributed by atoms with E-state index >= 15 is 0 Å². The molecule has 0 spiro atoms. The molecule has 3 N–H and O–H groups in total. The Morgan fingerprint density at radius 1 is 1.39 bits per heavy atom. The fraction of sp³-hybridized carbons (Fsp3) is 0.385. The van der Waals surface area contributed by atoms with Crippen molar-refractivity contribution >= 4 is 11.9 Å². The third-order valence-corrected chi connectivity index (χ3v) is 1.98. The SMILES string of the molecule is Cc1cccc(/C(N)=N\NC(=O)OC(C)(C)C)c1. The maximum absolute atomic E-state index is 11.4. The maximum Gasteiger partial charge on any atom is 0.428 e. The third kappa shape index (κ3) is 4.86. The number of aryl methyl sites for hydroxylation is 1. The maximum atomic E-state index is 11.4. The lowest BCUT2D eigenvalue weighted by atomic mass is 10.1. The second-order valence-corrected chi connectivity index (χ2v) is 4.98. The lowest BCUT2D eigenvalue weighted by molar-refractivity contribution is 0.0529. The molecule has 0 unspecified atom stereocenters. The van der Waals surface area contributed by atoms with E-state index in [2.05, 4.69) is 10.5 Å². The van der Waals surface area contributed by atoms with Crippen LogP contribution in [0.25, 0.3) is 0 Å². The molecule has 5 nitrogen and oxygen atoms in total. The Hall–Kier alpha value is -2.04. The van der Waals surface area contributed by atoms with Gasteiger partial charge in [0.1, 0.15) is 5.60 Å². The number of rotatable bonds is 2. The lowest BCUT2D eigenvalue weighted by Gasteiger charge is -2.18. The number of hydrogen-bond donors (Lipinski definition) is 2. The van der Waals surface area contributed by atoms with Crippen molar-refractivity contribution in [2.75, 3.05) is 0 Å². The summed E-state index contributed by atoms with van der Waals surface area (Å²) in [5.41, 5.74) is 9.28. The fourth-order valence-corrected chi connectivity index (χ4v) is 1.28. The Balaban J connectivity index is 2.65. The number of hydrogen-bond acceptors (Lipinski definition) is 3. The Bertz CT molecular complexity index is 462. The average Bonchev–Trinajstić information content (AvgIpc) is 2.23. The molecular weight excluding hydrogens is 230 g/mol. The van der Waals surface area contributed by atoms with Crippen LogP contribution in [-0.2, 0) is 4.74 Å². The van der Waals surface area contributed by atoms with E-state index in [1.165, 1.54) is 0 Å². The summed E-state index contributed by atoms with van der Waals surface area (Å²) >= 11 is 0. The van der Waals surface area contributed by atoms with Crippen LogP contribution in [0.2, 0.25) is 0 Å². The predicted molar refractivity (Wildman–Crippen MR) is 71.3 cm³/mol. The van der Waals surface area contributed by atoms with Gasteiger partial charge in [-0.25, -0.2) is 10.2 Å². The molecule has 0 aliphatic rings. The molecule has 0 aromatic heterocycles. The average molecular weight is 249 g/mol. The number of nitrogens with zero attached hydrogens (tertiary/aromatic N) is 1. The summed E-state index contributed by atoms with van der Waals surface area (Å²) in [6.45, 7) is 7.29. The summed E-state index contributed by atoms with van der Waals surface area (Å²) in [5.74, 6) is 0.240. The molecule has 0 saturated carbocycles. The van der Waals surface area contributed by atoms with Crippen LogP contribution in [-0.4, -0.2) is 17.5 Å². The first-order valence-corrected chi connectivity index (χ1v) is 5.67. The Morgan fingerprint density at radius 2 is 2.06 bits per heavy atom. The number of nitrogens with two attached hydrogens (primary N) is 1. The first-order chi connectivity index (χ1) is 8.28. The van der Waals surface area contributed by atoms with Crippen molar-refractivity contribution in [1.82, 2.24) is 5.43 Å². The topological polar surface area (TPSA) is 76.7 Å². The van der Waals surface area contributed by atoms with Crippen LogP contribution in [0.5, 0.6) is 0 Å². The molecule has 0 aliphatic carbocycles. The molecule has 5 heteroatoms. The molecule has 0 aliphatic heterocycles. The molecule has 0 radical (unpaired) electrons. The quantitative estimate of drug-likeness (QED) is 0.479. The second-order valence-electron chi connectivity index (χ2n) is 4.98. The molecule has 18 heavy (non-hydrogen) atoms. The van der Waals surface area contributed by atoms with Gasteiger partial charge >= 0.3 is 6.09 Å². The summed E-state index contributed by atoms with van der Waals surface area (Å²) < 4.78 is 5.04. The van der Waals surface area contributed by atoms with Crippen molar-refractivity contribution in [2.24, 2.45) is 10.8 Å². The van der Waals surface area contributed by atoms with Crippen LogP contribution in [0.3, 0.4) is 0 Å². The highest BCUT2D eigenvalue weighted by molar-refractivity contribution is 5.97. The number of carbonyl (C=O) groups is 1. The first-order valence-electron chi connectivity index (χ1n) is 5.67. The van der Waals surface area contributed by atoms with Crippen LogP contribution in [0.15, 0.2) is 29.4 Å². The van der Waals surface area contributed by atoms with Gasteiger partial charge in [-0.15, -0.1) is 0 Å². The van der Waals surface area contributed by atoms with E-state index in [-0.39, 0.29) is 5.84 Å². The van der Waals surface area contributed by atoms with Gasteiger partial charge in [0.15, 0.2) is 5.84 Å².